The second-order valence-corrected chi connectivity index (χ2v) is 6.61. The van der Waals surface area contributed by atoms with Crippen LogP contribution in [0.2, 0.25) is 0 Å². The maximum atomic E-state index is 6.11. The molecule has 19 heavy (non-hydrogen) atoms. The van der Waals surface area contributed by atoms with Crippen molar-refractivity contribution in [2.45, 2.75) is 52.0 Å². The lowest BCUT2D eigenvalue weighted by Crippen LogP contribution is -2.51. The van der Waals surface area contributed by atoms with Gasteiger partial charge in [-0.05, 0) is 56.4 Å². The first-order valence-corrected chi connectivity index (χ1v) is 7.47. The first-order chi connectivity index (χ1) is 8.94. The van der Waals surface area contributed by atoms with Gasteiger partial charge in [0.1, 0.15) is 0 Å². The number of nitrogens with two attached hydrogens (primary N) is 1. The molecule has 0 amide bonds. The maximum Gasteiger partial charge on any atom is 0.0495 e. The Labute approximate surface area is 118 Å². The van der Waals surface area contributed by atoms with Crippen LogP contribution in [0.1, 0.15) is 43.7 Å². The molecule has 1 saturated carbocycles. The number of anilines is 1. The van der Waals surface area contributed by atoms with Crippen molar-refractivity contribution in [2.24, 2.45) is 11.7 Å². The van der Waals surface area contributed by atoms with E-state index in [9.17, 15) is 0 Å². The van der Waals surface area contributed by atoms with Crippen molar-refractivity contribution in [2.75, 3.05) is 18.5 Å². The number of likely N-dealkylation sites (N-methyl/N-ethyl adjacent to an activating group) is 1. The van der Waals surface area contributed by atoms with Gasteiger partial charge in [-0.25, -0.2) is 0 Å². The zero-order valence-corrected chi connectivity index (χ0v) is 12.9. The summed E-state index contributed by atoms with van der Waals surface area (Å²) in [5.41, 5.74) is 10.1. The smallest absolute Gasteiger partial charge is 0.0495 e. The Morgan fingerprint density at radius 3 is 2.21 bits per heavy atom. The Morgan fingerprint density at radius 2 is 1.79 bits per heavy atom. The molecule has 2 N–H and O–H groups in total. The Bertz CT molecular complexity index is 417. The summed E-state index contributed by atoms with van der Waals surface area (Å²) in [6.45, 7) is 7.35. The minimum Gasteiger partial charge on any atom is -0.368 e. The summed E-state index contributed by atoms with van der Waals surface area (Å²) in [5.74, 6) is 0.877. The number of nitrogens with zero attached hydrogens (tertiary/aromatic N) is 1. The molecule has 1 aliphatic carbocycles. The van der Waals surface area contributed by atoms with Crippen molar-refractivity contribution in [3.63, 3.8) is 0 Å². The predicted molar refractivity (Wildman–Crippen MR) is 83.7 cm³/mol. The van der Waals surface area contributed by atoms with Gasteiger partial charge in [0, 0.05) is 24.8 Å². The quantitative estimate of drug-likeness (QED) is 0.875. The Hall–Kier alpha value is -1.02. The zero-order chi connectivity index (χ0) is 14.0. The van der Waals surface area contributed by atoms with Crippen molar-refractivity contribution in [1.82, 2.24) is 0 Å². The van der Waals surface area contributed by atoms with Gasteiger partial charge in [-0.3, -0.25) is 0 Å². The van der Waals surface area contributed by atoms with Gasteiger partial charge in [-0.2, -0.15) is 0 Å². The molecule has 0 spiro atoms. The first kappa shape index (κ1) is 14.4. The third kappa shape index (κ3) is 3.11. The van der Waals surface area contributed by atoms with Crippen LogP contribution < -0.4 is 10.6 Å². The topological polar surface area (TPSA) is 29.3 Å². The number of hydrogen-bond donors (Lipinski definition) is 1. The van der Waals surface area contributed by atoms with E-state index >= 15 is 0 Å². The van der Waals surface area contributed by atoms with Crippen molar-refractivity contribution in [3.05, 3.63) is 29.3 Å². The van der Waals surface area contributed by atoms with E-state index in [1.165, 1.54) is 42.5 Å². The predicted octanol–water partition coefficient (Wildman–Crippen LogP) is 3.65. The molecule has 1 aromatic rings. The van der Waals surface area contributed by atoms with Crippen LogP contribution in [0, 0.1) is 19.8 Å². The normalized spacial score (nSPS) is 18.8. The maximum absolute atomic E-state index is 6.11. The molecule has 0 aliphatic heterocycles. The monoisotopic (exact) mass is 260 g/mol. The number of benzene rings is 1. The van der Waals surface area contributed by atoms with E-state index in [4.69, 9.17) is 5.73 Å². The summed E-state index contributed by atoms with van der Waals surface area (Å²) in [5, 5.41) is 0. The largest absolute Gasteiger partial charge is 0.368 e. The van der Waals surface area contributed by atoms with Crippen LogP contribution in [0.25, 0.3) is 0 Å². The number of rotatable bonds is 5. The molecule has 0 radical (unpaired) electrons. The molecule has 2 nitrogen and oxygen atoms in total. The number of hydrogen-bond acceptors (Lipinski definition) is 2. The van der Waals surface area contributed by atoms with Gasteiger partial charge in [-0.1, -0.05) is 25.3 Å². The fraction of sp³-hybridized carbons (Fsp3) is 0.647. The van der Waals surface area contributed by atoms with Crippen LogP contribution in [0.3, 0.4) is 0 Å². The highest BCUT2D eigenvalue weighted by molar-refractivity contribution is 5.52. The third-order valence-corrected chi connectivity index (χ3v) is 4.80. The van der Waals surface area contributed by atoms with Crippen LogP contribution in [-0.2, 0) is 0 Å². The average Bonchev–Trinajstić information content (AvgIpc) is 2.31. The molecule has 2 heteroatoms. The molecule has 1 aliphatic rings. The molecule has 106 valence electrons. The fourth-order valence-electron chi connectivity index (χ4n) is 3.13. The van der Waals surface area contributed by atoms with E-state index in [0.29, 0.717) is 6.54 Å². The molecule has 0 aromatic heterocycles. The van der Waals surface area contributed by atoms with Crippen LogP contribution >= 0.6 is 0 Å². The standard InChI is InChI=1S/C17H28N2/c1-13-8-14(2)10-16(9-13)19(4)17(3,12-18)11-15-6-5-7-15/h8-10,15H,5-7,11-12,18H2,1-4H3. The zero-order valence-electron chi connectivity index (χ0n) is 12.9. The molecule has 1 atom stereocenters. The van der Waals surface area contributed by atoms with E-state index in [2.05, 4.69) is 50.9 Å². The van der Waals surface area contributed by atoms with Crippen molar-refractivity contribution in [3.8, 4) is 0 Å². The minimum atomic E-state index is 0.0747. The van der Waals surface area contributed by atoms with E-state index in [1.807, 2.05) is 0 Å². The van der Waals surface area contributed by atoms with Gasteiger partial charge in [0.05, 0.1) is 0 Å². The van der Waals surface area contributed by atoms with Gasteiger partial charge in [0.15, 0.2) is 0 Å². The van der Waals surface area contributed by atoms with E-state index < -0.39 is 0 Å². The summed E-state index contributed by atoms with van der Waals surface area (Å²) in [6.07, 6.45) is 5.39. The Kier molecular flexibility index (Phi) is 4.19. The molecular formula is C17H28N2. The summed E-state index contributed by atoms with van der Waals surface area (Å²) in [4.78, 5) is 2.39. The molecule has 1 unspecified atom stereocenters. The summed E-state index contributed by atoms with van der Waals surface area (Å²) in [7, 11) is 2.19. The van der Waals surface area contributed by atoms with Gasteiger partial charge in [0.2, 0.25) is 0 Å². The van der Waals surface area contributed by atoms with Crippen LogP contribution in [-0.4, -0.2) is 19.1 Å². The lowest BCUT2D eigenvalue weighted by atomic mass is 9.76. The first-order valence-electron chi connectivity index (χ1n) is 7.47. The van der Waals surface area contributed by atoms with Gasteiger partial charge < -0.3 is 10.6 Å². The van der Waals surface area contributed by atoms with Crippen molar-refractivity contribution >= 4 is 5.69 Å². The van der Waals surface area contributed by atoms with Crippen LogP contribution in [0.4, 0.5) is 5.69 Å². The van der Waals surface area contributed by atoms with E-state index in [0.717, 1.165) is 5.92 Å². The highest BCUT2D eigenvalue weighted by Gasteiger charge is 2.33. The second-order valence-electron chi connectivity index (χ2n) is 6.61. The molecule has 1 fully saturated rings. The highest BCUT2D eigenvalue weighted by Crippen LogP contribution is 2.37. The summed E-state index contributed by atoms with van der Waals surface area (Å²) in [6, 6.07) is 6.76. The molecule has 0 saturated heterocycles. The average molecular weight is 260 g/mol. The summed E-state index contributed by atoms with van der Waals surface area (Å²) < 4.78 is 0. The molecule has 1 aromatic carbocycles. The van der Waals surface area contributed by atoms with E-state index in [1.54, 1.807) is 0 Å². The van der Waals surface area contributed by atoms with Crippen LogP contribution in [0.15, 0.2) is 18.2 Å². The van der Waals surface area contributed by atoms with Gasteiger partial charge in [-0.15, -0.1) is 0 Å². The number of aryl methyl sites for hydroxylation is 2. The van der Waals surface area contributed by atoms with E-state index in [-0.39, 0.29) is 5.54 Å². The highest BCUT2D eigenvalue weighted by atomic mass is 15.2. The fourth-order valence-corrected chi connectivity index (χ4v) is 3.13. The van der Waals surface area contributed by atoms with Crippen molar-refractivity contribution in [1.29, 1.82) is 0 Å². The SMILES string of the molecule is Cc1cc(C)cc(N(C)C(C)(CN)CC2CCC2)c1. The molecule has 0 heterocycles. The lowest BCUT2D eigenvalue weighted by Gasteiger charge is -2.44. The second kappa shape index (κ2) is 5.54. The van der Waals surface area contributed by atoms with Crippen molar-refractivity contribution < 1.29 is 0 Å². The molecule has 2 rings (SSSR count). The molecular weight excluding hydrogens is 232 g/mol. The Balaban J connectivity index is 2.20. The Morgan fingerprint density at radius 1 is 1.21 bits per heavy atom. The molecule has 0 bridgehead atoms. The van der Waals surface area contributed by atoms with Gasteiger partial charge >= 0.3 is 0 Å². The van der Waals surface area contributed by atoms with Gasteiger partial charge in [0.25, 0.3) is 0 Å². The summed E-state index contributed by atoms with van der Waals surface area (Å²) >= 11 is 0. The third-order valence-electron chi connectivity index (χ3n) is 4.80. The minimum absolute atomic E-state index is 0.0747. The lowest BCUT2D eigenvalue weighted by molar-refractivity contribution is 0.233. The van der Waals surface area contributed by atoms with Crippen LogP contribution in [0.5, 0.6) is 0 Å².